The van der Waals surface area contributed by atoms with Crippen molar-refractivity contribution < 1.29 is 13.2 Å². The van der Waals surface area contributed by atoms with Crippen molar-refractivity contribution in [3.63, 3.8) is 0 Å². The van der Waals surface area contributed by atoms with E-state index in [0.29, 0.717) is 19.0 Å². The quantitative estimate of drug-likeness (QED) is 0.597. The van der Waals surface area contributed by atoms with Gasteiger partial charge in [0, 0.05) is 20.3 Å². The molecule has 3 aromatic rings. The first-order valence-corrected chi connectivity index (χ1v) is 10.0. The number of nitrogens with one attached hydrogen (secondary N) is 1. The maximum atomic E-state index is 12.5. The molecule has 0 saturated heterocycles. The summed E-state index contributed by atoms with van der Waals surface area (Å²) in [7, 11) is -2.00. The van der Waals surface area contributed by atoms with Gasteiger partial charge < -0.3 is 9.30 Å². The van der Waals surface area contributed by atoms with Gasteiger partial charge in [-0.2, -0.15) is 0 Å². The Balaban J connectivity index is 1.72. The third kappa shape index (κ3) is 4.21. The van der Waals surface area contributed by atoms with E-state index in [1.807, 2.05) is 11.5 Å². The summed E-state index contributed by atoms with van der Waals surface area (Å²) in [5.74, 6) is 0.564. The molecule has 2 aromatic heterocycles. The highest BCUT2D eigenvalue weighted by molar-refractivity contribution is 7.89. The monoisotopic (exact) mass is 381 g/mol. The Bertz CT molecular complexity index is 965. The minimum Gasteiger partial charge on any atom is -0.385 e. The van der Waals surface area contributed by atoms with Gasteiger partial charge in [-0.15, -0.1) is 21.5 Å². The van der Waals surface area contributed by atoms with Gasteiger partial charge in [0.05, 0.1) is 26.7 Å². The maximum Gasteiger partial charge on any atom is 0.241 e. The fourth-order valence-electron chi connectivity index (χ4n) is 2.41. The van der Waals surface area contributed by atoms with Crippen LogP contribution in [0.2, 0.25) is 0 Å². The molecule has 8 nitrogen and oxygen atoms in total. The predicted octanol–water partition coefficient (Wildman–Crippen LogP) is 1.71. The van der Waals surface area contributed by atoms with Crippen molar-refractivity contribution in [1.29, 1.82) is 0 Å². The SMILES string of the molecule is COCCCn1cnnc1CNS(=O)(=O)c1ccc2nc(C)sc2c1. The summed E-state index contributed by atoms with van der Waals surface area (Å²) in [4.78, 5) is 4.56. The van der Waals surface area contributed by atoms with E-state index in [1.54, 1.807) is 31.6 Å². The van der Waals surface area contributed by atoms with Crippen molar-refractivity contribution in [2.45, 2.75) is 31.3 Å². The third-order valence-corrected chi connectivity index (χ3v) is 5.97. The highest BCUT2D eigenvalue weighted by Crippen LogP contribution is 2.24. The number of hydrogen-bond donors (Lipinski definition) is 1. The van der Waals surface area contributed by atoms with Crippen molar-refractivity contribution >= 4 is 31.6 Å². The molecule has 10 heteroatoms. The summed E-state index contributed by atoms with van der Waals surface area (Å²) >= 11 is 1.47. The fourth-order valence-corrected chi connectivity index (χ4v) is 4.36. The van der Waals surface area contributed by atoms with Crippen molar-refractivity contribution in [3.05, 3.63) is 35.4 Å². The van der Waals surface area contributed by atoms with Crippen LogP contribution in [0.3, 0.4) is 0 Å². The Kier molecular flexibility index (Phi) is 5.42. The van der Waals surface area contributed by atoms with E-state index in [0.717, 1.165) is 21.6 Å². The number of aryl methyl sites for hydroxylation is 2. The fraction of sp³-hybridized carbons (Fsp3) is 0.400. The molecule has 0 aliphatic heterocycles. The van der Waals surface area contributed by atoms with Gasteiger partial charge in [0.15, 0.2) is 0 Å². The van der Waals surface area contributed by atoms with E-state index in [2.05, 4.69) is 19.9 Å². The molecule has 134 valence electrons. The molecule has 25 heavy (non-hydrogen) atoms. The Morgan fingerprint density at radius 1 is 1.36 bits per heavy atom. The number of thiazole rings is 1. The van der Waals surface area contributed by atoms with Crippen molar-refractivity contribution in [1.82, 2.24) is 24.5 Å². The molecule has 0 spiro atoms. The normalized spacial score (nSPS) is 12.1. The first-order chi connectivity index (χ1) is 12.0. The molecule has 0 fully saturated rings. The number of sulfonamides is 1. The largest absolute Gasteiger partial charge is 0.385 e. The second kappa shape index (κ2) is 7.56. The number of nitrogens with zero attached hydrogens (tertiary/aromatic N) is 4. The average Bonchev–Trinajstić information content (AvgIpc) is 3.17. The smallest absolute Gasteiger partial charge is 0.241 e. The van der Waals surface area contributed by atoms with Crippen LogP contribution in [0.25, 0.3) is 10.2 Å². The van der Waals surface area contributed by atoms with E-state index < -0.39 is 10.0 Å². The predicted molar refractivity (Wildman–Crippen MR) is 94.9 cm³/mol. The summed E-state index contributed by atoms with van der Waals surface area (Å²) in [6, 6.07) is 4.93. The lowest BCUT2D eigenvalue weighted by Crippen LogP contribution is -2.25. The molecule has 1 aromatic carbocycles. The number of hydrogen-bond acceptors (Lipinski definition) is 7. The molecular formula is C15H19N5O3S2. The van der Waals surface area contributed by atoms with Gasteiger partial charge in [-0.3, -0.25) is 0 Å². The third-order valence-electron chi connectivity index (χ3n) is 3.64. The van der Waals surface area contributed by atoms with Crippen LogP contribution in [0.1, 0.15) is 17.3 Å². The molecule has 3 rings (SSSR count). The van der Waals surface area contributed by atoms with Gasteiger partial charge in [-0.05, 0) is 31.5 Å². The zero-order valence-electron chi connectivity index (χ0n) is 14.0. The van der Waals surface area contributed by atoms with Crippen molar-refractivity contribution in [3.8, 4) is 0 Å². The molecule has 0 aliphatic carbocycles. The number of rotatable bonds is 8. The standard InChI is InChI=1S/C15H19N5O3S2/c1-11-18-13-5-4-12(8-14(13)24-11)25(21,22)17-9-15-19-16-10-20(15)6-3-7-23-2/h4-5,8,10,17H,3,6-7,9H2,1-2H3. The molecule has 0 atom stereocenters. The zero-order chi connectivity index (χ0) is 17.9. The maximum absolute atomic E-state index is 12.5. The summed E-state index contributed by atoms with van der Waals surface area (Å²) in [5.41, 5.74) is 0.805. The average molecular weight is 381 g/mol. The summed E-state index contributed by atoms with van der Waals surface area (Å²) in [6.45, 7) is 3.27. The molecule has 0 amide bonds. The highest BCUT2D eigenvalue weighted by atomic mass is 32.2. The minimum atomic E-state index is -3.64. The van der Waals surface area contributed by atoms with Gasteiger partial charge in [0.2, 0.25) is 10.0 Å². The molecule has 1 N–H and O–H groups in total. The van der Waals surface area contributed by atoms with Crippen LogP contribution in [-0.4, -0.2) is 41.9 Å². The van der Waals surface area contributed by atoms with Crippen LogP contribution >= 0.6 is 11.3 Å². The highest BCUT2D eigenvalue weighted by Gasteiger charge is 2.17. The lowest BCUT2D eigenvalue weighted by molar-refractivity contribution is 0.190. The molecule has 0 saturated carbocycles. The van der Waals surface area contributed by atoms with Gasteiger partial charge in [-0.1, -0.05) is 0 Å². The van der Waals surface area contributed by atoms with Crippen molar-refractivity contribution in [2.75, 3.05) is 13.7 Å². The Morgan fingerprint density at radius 3 is 3.00 bits per heavy atom. The molecule has 2 heterocycles. The van der Waals surface area contributed by atoms with Gasteiger partial charge in [-0.25, -0.2) is 18.1 Å². The number of methoxy groups -OCH3 is 1. The van der Waals surface area contributed by atoms with Gasteiger partial charge in [0.1, 0.15) is 12.2 Å². The van der Waals surface area contributed by atoms with Crippen LogP contribution in [0.5, 0.6) is 0 Å². The molecular weight excluding hydrogens is 362 g/mol. The molecule has 0 unspecified atom stereocenters. The van der Waals surface area contributed by atoms with Crippen LogP contribution in [-0.2, 0) is 27.8 Å². The molecule has 0 aliphatic rings. The lowest BCUT2D eigenvalue weighted by atomic mass is 10.3. The topological polar surface area (TPSA) is 99.0 Å². The minimum absolute atomic E-state index is 0.0784. The Morgan fingerprint density at radius 2 is 2.20 bits per heavy atom. The lowest BCUT2D eigenvalue weighted by Gasteiger charge is -2.08. The summed E-state index contributed by atoms with van der Waals surface area (Å²) in [5, 5.41) is 8.74. The van der Waals surface area contributed by atoms with E-state index in [1.165, 1.54) is 11.3 Å². The number of fused-ring (bicyclic) bond motifs is 1. The first kappa shape index (κ1) is 17.9. The second-order valence-electron chi connectivity index (χ2n) is 5.47. The number of ether oxygens (including phenoxy) is 1. The molecule has 0 bridgehead atoms. The Hall–Kier alpha value is -1.88. The van der Waals surface area contributed by atoms with E-state index >= 15 is 0 Å². The van der Waals surface area contributed by atoms with Crippen LogP contribution < -0.4 is 4.72 Å². The molecule has 0 radical (unpaired) electrons. The van der Waals surface area contributed by atoms with E-state index in [9.17, 15) is 8.42 Å². The van der Waals surface area contributed by atoms with Crippen LogP contribution in [0, 0.1) is 6.92 Å². The van der Waals surface area contributed by atoms with Crippen LogP contribution in [0.15, 0.2) is 29.4 Å². The Labute approximate surface area is 149 Å². The van der Waals surface area contributed by atoms with Gasteiger partial charge >= 0.3 is 0 Å². The summed E-state index contributed by atoms with van der Waals surface area (Å²) < 4.78 is 35.4. The number of benzene rings is 1. The second-order valence-corrected chi connectivity index (χ2v) is 8.48. The van der Waals surface area contributed by atoms with E-state index in [4.69, 9.17) is 4.74 Å². The van der Waals surface area contributed by atoms with Gasteiger partial charge in [0.25, 0.3) is 0 Å². The number of aromatic nitrogens is 4. The first-order valence-electron chi connectivity index (χ1n) is 7.72. The van der Waals surface area contributed by atoms with Crippen molar-refractivity contribution in [2.24, 2.45) is 0 Å². The zero-order valence-corrected chi connectivity index (χ0v) is 15.6. The summed E-state index contributed by atoms with van der Waals surface area (Å²) in [6.07, 6.45) is 2.39. The van der Waals surface area contributed by atoms with Crippen LogP contribution in [0.4, 0.5) is 0 Å². The van der Waals surface area contributed by atoms with E-state index in [-0.39, 0.29) is 11.4 Å².